The van der Waals surface area contributed by atoms with E-state index in [1.807, 2.05) is 13.1 Å². The van der Waals surface area contributed by atoms with Gasteiger partial charge in [-0.1, -0.05) is 6.07 Å². The van der Waals surface area contributed by atoms with Gasteiger partial charge in [0, 0.05) is 65.3 Å². The molecule has 0 amide bonds. The van der Waals surface area contributed by atoms with Gasteiger partial charge in [0.15, 0.2) is 5.96 Å². The zero-order valence-electron chi connectivity index (χ0n) is 18.0. The second-order valence-corrected chi connectivity index (χ2v) is 7.43. The number of halogens is 1. The van der Waals surface area contributed by atoms with Crippen LogP contribution < -0.4 is 15.5 Å². The molecule has 1 aliphatic heterocycles. The fourth-order valence-electron chi connectivity index (χ4n) is 3.23. The number of hydrogen-bond acceptors (Lipinski definition) is 4. The third-order valence-electron chi connectivity index (χ3n) is 4.97. The molecular formula is C22H37FN4O2. The van der Waals surface area contributed by atoms with Crippen LogP contribution in [-0.2, 0) is 9.47 Å². The number of nitrogens with one attached hydrogen (secondary N) is 2. The Morgan fingerprint density at radius 2 is 2.10 bits per heavy atom. The molecule has 0 saturated carbocycles. The highest BCUT2D eigenvalue weighted by atomic mass is 19.1. The third kappa shape index (κ3) is 9.94. The predicted octanol–water partition coefficient (Wildman–Crippen LogP) is 3.04. The summed E-state index contributed by atoms with van der Waals surface area (Å²) < 4.78 is 24.5. The molecule has 0 aliphatic carbocycles. The lowest BCUT2D eigenvalue weighted by molar-refractivity contribution is 0.0203. The Kier molecular flexibility index (Phi) is 11.4. The molecule has 0 aromatic heterocycles. The number of rotatable bonds is 12. The highest BCUT2D eigenvalue weighted by Gasteiger charge is 2.13. The van der Waals surface area contributed by atoms with Crippen molar-refractivity contribution in [3.63, 3.8) is 0 Å². The van der Waals surface area contributed by atoms with Crippen LogP contribution in [0.1, 0.15) is 32.6 Å². The van der Waals surface area contributed by atoms with Gasteiger partial charge in [0.05, 0.1) is 0 Å². The van der Waals surface area contributed by atoms with Crippen LogP contribution in [0.4, 0.5) is 10.1 Å². The molecular weight excluding hydrogens is 371 g/mol. The second kappa shape index (κ2) is 14.2. The van der Waals surface area contributed by atoms with Crippen molar-refractivity contribution < 1.29 is 13.9 Å². The molecule has 0 atom stereocenters. The maximum atomic E-state index is 13.3. The summed E-state index contributed by atoms with van der Waals surface area (Å²) in [6.07, 6.45) is 4.08. The Bertz CT molecular complexity index is 594. The van der Waals surface area contributed by atoms with Crippen molar-refractivity contribution in [1.29, 1.82) is 0 Å². The van der Waals surface area contributed by atoms with Gasteiger partial charge >= 0.3 is 0 Å². The van der Waals surface area contributed by atoms with Crippen molar-refractivity contribution in [3.8, 4) is 0 Å². The number of hydrogen-bond donors (Lipinski definition) is 2. The van der Waals surface area contributed by atoms with E-state index in [-0.39, 0.29) is 5.82 Å². The van der Waals surface area contributed by atoms with Crippen LogP contribution in [-0.4, -0.2) is 65.6 Å². The Labute approximate surface area is 174 Å². The zero-order chi connectivity index (χ0) is 20.7. The number of aliphatic imine (C=N–C) groups is 1. The van der Waals surface area contributed by atoms with Crippen molar-refractivity contribution in [1.82, 2.24) is 10.6 Å². The summed E-state index contributed by atoms with van der Waals surface area (Å²) in [7, 11) is 1.97. The molecule has 2 rings (SSSR count). The van der Waals surface area contributed by atoms with E-state index in [1.54, 1.807) is 12.1 Å². The molecule has 0 unspecified atom stereocenters. The first kappa shape index (κ1) is 23.4. The first-order chi connectivity index (χ1) is 14.2. The minimum atomic E-state index is -0.206. The van der Waals surface area contributed by atoms with Crippen LogP contribution in [0.25, 0.3) is 0 Å². The van der Waals surface area contributed by atoms with Gasteiger partial charge in [-0.15, -0.1) is 0 Å². The molecule has 2 N–H and O–H groups in total. The fraction of sp³-hybridized carbons (Fsp3) is 0.682. The Hall–Kier alpha value is -1.86. The molecule has 7 heteroatoms. The van der Waals surface area contributed by atoms with E-state index in [9.17, 15) is 4.39 Å². The molecule has 1 heterocycles. The van der Waals surface area contributed by atoms with Gasteiger partial charge in [0.2, 0.25) is 0 Å². The predicted molar refractivity (Wildman–Crippen MR) is 117 cm³/mol. The molecule has 0 bridgehead atoms. The van der Waals surface area contributed by atoms with E-state index < -0.39 is 0 Å². The Morgan fingerprint density at radius 3 is 2.86 bits per heavy atom. The quantitative estimate of drug-likeness (QED) is 0.316. The van der Waals surface area contributed by atoms with Crippen molar-refractivity contribution >= 4 is 11.6 Å². The van der Waals surface area contributed by atoms with Gasteiger partial charge in [-0.05, 0) is 56.7 Å². The molecule has 0 spiro atoms. The lowest BCUT2D eigenvalue weighted by atomic mass is 10.0. The van der Waals surface area contributed by atoms with Crippen LogP contribution >= 0.6 is 0 Å². The van der Waals surface area contributed by atoms with Crippen LogP contribution in [0.2, 0.25) is 0 Å². The van der Waals surface area contributed by atoms with Crippen molar-refractivity contribution in [2.24, 2.45) is 10.9 Å². The normalized spacial score (nSPS) is 15.3. The summed E-state index contributed by atoms with van der Waals surface area (Å²) in [4.78, 5) is 6.68. The standard InChI is InChI=1S/C22H37FN4O2/c1-3-24-22(26-12-6-14-29-18-19-9-15-28-16-10-19)25-11-5-13-27(2)21-8-4-7-20(23)17-21/h4,7-8,17,19H,3,5-6,9-16,18H2,1-2H3,(H2,24,25,26). The number of ether oxygens (including phenoxy) is 2. The number of anilines is 1. The minimum absolute atomic E-state index is 0.206. The Balaban J connectivity index is 1.58. The fourth-order valence-corrected chi connectivity index (χ4v) is 3.23. The lowest BCUT2D eigenvalue weighted by Crippen LogP contribution is -2.38. The van der Waals surface area contributed by atoms with E-state index in [2.05, 4.69) is 27.4 Å². The maximum Gasteiger partial charge on any atom is 0.191 e. The molecule has 6 nitrogen and oxygen atoms in total. The smallest absolute Gasteiger partial charge is 0.191 e. The first-order valence-electron chi connectivity index (χ1n) is 10.8. The first-order valence-corrected chi connectivity index (χ1v) is 10.8. The number of guanidine groups is 1. The monoisotopic (exact) mass is 408 g/mol. The van der Waals surface area contributed by atoms with E-state index in [1.165, 1.54) is 6.07 Å². The minimum Gasteiger partial charge on any atom is -0.381 e. The molecule has 164 valence electrons. The summed E-state index contributed by atoms with van der Waals surface area (Å²) in [5.41, 5.74) is 0.889. The SMILES string of the molecule is CCNC(=NCCCN(C)c1cccc(F)c1)NCCCOCC1CCOCC1. The van der Waals surface area contributed by atoms with Gasteiger partial charge in [-0.25, -0.2) is 4.39 Å². The van der Waals surface area contributed by atoms with Crippen LogP contribution in [0.5, 0.6) is 0 Å². The highest BCUT2D eigenvalue weighted by Crippen LogP contribution is 2.15. The highest BCUT2D eigenvalue weighted by molar-refractivity contribution is 5.79. The molecule has 29 heavy (non-hydrogen) atoms. The van der Waals surface area contributed by atoms with Gasteiger partial charge in [-0.3, -0.25) is 4.99 Å². The maximum absolute atomic E-state index is 13.3. The molecule has 1 saturated heterocycles. The van der Waals surface area contributed by atoms with Crippen LogP contribution in [0.3, 0.4) is 0 Å². The van der Waals surface area contributed by atoms with Gasteiger partial charge in [-0.2, -0.15) is 0 Å². The summed E-state index contributed by atoms with van der Waals surface area (Å²) in [5, 5.41) is 6.64. The van der Waals surface area contributed by atoms with Crippen LogP contribution in [0.15, 0.2) is 29.3 Å². The van der Waals surface area contributed by atoms with Crippen molar-refractivity contribution in [2.75, 3.05) is 64.6 Å². The molecule has 1 fully saturated rings. The van der Waals surface area contributed by atoms with Crippen molar-refractivity contribution in [2.45, 2.75) is 32.6 Å². The molecule has 1 aromatic rings. The van der Waals surface area contributed by atoms with Gasteiger partial charge in [0.25, 0.3) is 0 Å². The zero-order valence-corrected chi connectivity index (χ0v) is 18.0. The summed E-state index contributed by atoms with van der Waals surface area (Å²) in [6, 6.07) is 6.67. The third-order valence-corrected chi connectivity index (χ3v) is 4.97. The summed E-state index contributed by atoms with van der Waals surface area (Å²) >= 11 is 0. The number of benzene rings is 1. The van der Waals surface area contributed by atoms with Gasteiger partial charge in [0.1, 0.15) is 5.82 Å². The topological polar surface area (TPSA) is 58.1 Å². The molecule has 0 radical (unpaired) electrons. The van der Waals surface area contributed by atoms with E-state index in [4.69, 9.17) is 9.47 Å². The van der Waals surface area contributed by atoms with Crippen LogP contribution in [0, 0.1) is 11.7 Å². The van der Waals surface area contributed by atoms with E-state index in [0.717, 1.165) is 89.9 Å². The molecule has 1 aliphatic rings. The Morgan fingerprint density at radius 1 is 1.28 bits per heavy atom. The average Bonchev–Trinajstić information content (AvgIpc) is 2.74. The number of nitrogens with zero attached hydrogens (tertiary/aromatic N) is 2. The second-order valence-electron chi connectivity index (χ2n) is 7.43. The average molecular weight is 409 g/mol. The van der Waals surface area contributed by atoms with E-state index in [0.29, 0.717) is 5.92 Å². The van der Waals surface area contributed by atoms with Crippen molar-refractivity contribution in [3.05, 3.63) is 30.1 Å². The summed E-state index contributed by atoms with van der Waals surface area (Å²) in [5.74, 6) is 1.29. The molecule has 1 aromatic carbocycles. The summed E-state index contributed by atoms with van der Waals surface area (Å²) in [6.45, 7) is 8.62. The largest absolute Gasteiger partial charge is 0.381 e. The lowest BCUT2D eigenvalue weighted by Gasteiger charge is -2.21. The van der Waals surface area contributed by atoms with Gasteiger partial charge < -0.3 is 25.0 Å². The van der Waals surface area contributed by atoms with E-state index >= 15 is 0 Å².